The van der Waals surface area contributed by atoms with E-state index in [0.29, 0.717) is 24.7 Å². The van der Waals surface area contributed by atoms with E-state index in [-0.39, 0.29) is 19.3 Å². The molecule has 0 saturated carbocycles. The lowest BCUT2D eigenvalue weighted by molar-refractivity contribution is -0.132. The monoisotopic (exact) mass is 554 g/mol. The van der Waals surface area contributed by atoms with Crippen molar-refractivity contribution in [3.63, 3.8) is 0 Å². The van der Waals surface area contributed by atoms with Crippen LogP contribution >= 0.6 is 0 Å². The van der Waals surface area contributed by atoms with Crippen LogP contribution in [-0.4, -0.2) is 62.2 Å². The van der Waals surface area contributed by atoms with E-state index in [2.05, 4.69) is 16.7 Å². The van der Waals surface area contributed by atoms with Crippen LogP contribution in [0.5, 0.6) is 0 Å². The third kappa shape index (κ3) is 6.41. The number of benzene rings is 2. The molecule has 2 aliphatic heterocycles. The van der Waals surface area contributed by atoms with Crippen LogP contribution in [0.4, 0.5) is 4.79 Å². The van der Waals surface area contributed by atoms with Crippen molar-refractivity contribution in [2.45, 2.75) is 68.7 Å². The molecule has 1 saturated heterocycles. The quantitative estimate of drug-likeness (QED) is 0.560. The third-order valence-electron chi connectivity index (χ3n) is 6.85. The van der Waals surface area contributed by atoms with Gasteiger partial charge in [-0.25, -0.2) is 13.2 Å². The zero-order chi connectivity index (χ0) is 28.4. The van der Waals surface area contributed by atoms with Gasteiger partial charge in [0.15, 0.2) is 0 Å². The van der Waals surface area contributed by atoms with E-state index in [0.717, 1.165) is 22.3 Å². The molecule has 0 aliphatic carbocycles. The number of fused-ring (bicyclic) bond motifs is 1. The number of carbonyl (C=O) groups excluding carboxylic acids is 2. The standard InChI is InChI=1S/C28H34N4O6S/c1-27(2,3)38-26(34)31-28(11-13-37-14-12-28)25(33)30-23(17-29)15-19-5-7-20(8-6-19)21-9-10-24-22(16-21)18-32(4)39(24,35)36/h5-10,16,23H,11-15,18H2,1-4H3,(H,30,33)(H,31,34). The fourth-order valence-corrected chi connectivity index (χ4v) is 6.09. The number of rotatable bonds is 6. The van der Waals surface area contributed by atoms with Gasteiger partial charge in [-0.05, 0) is 55.2 Å². The van der Waals surface area contributed by atoms with E-state index in [1.165, 1.54) is 4.31 Å². The molecule has 1 atom stereocenters. The van der Waals surface area contributed by atoms with Gasteiger partial charge in [0.2, 0.25) is 15.9 Å². The van der Waals surface area contributed by atoms with Crippen LogP contribution in [0.3, 0.4) is 0 Å². The van der Waals surface area contributed by atoms with Gasteiger partial charge in [-0.15, -0.1) is 0 Å². The summed E-state index contributed by atoms with van der Waals surface area (Å²) in [6, 6.07) is 14.2. The molecule has 208 valence electrons. The minimum atomic E-state index is -3.41. The molecule has 4 rings (SSSR count). The van der Waals surface area contributed by atoms with Gasteiger partial charge in [0.25, 0.3) is 0 Å². The molecule has 2 N–H and O–H groups in total. The van der Waals surface area contributed by atoms with Gasteiger partial charge in [-0.1, -0.05) is 30.3 Å². The lowest BCUT2D eigenvalue weighted by Gasteiger charge is -2.37. The number of nitrogens with one attached hydrogen (secondary N) is 2. The molecule has 0 spiro atoms. The van der Waals surface area contributed by atoms with E-state index in [1.807, 2.05) is 30.3 Å². The zero-order valence-corrected chi connectivity index (χ0v) is 23.4. The van der Waals surface area contributed by atoms with Crippen LogP contribution < -0.4 is 10.6 Å². The van der Waals surface area contributed by atoms with Gasteiger partial charge in [0.05, 0.1) is 11.0 Å². The molecule has 2 aromatic carbocycles. The van der Waals surface area contributed by atoms with Crippen LogP contribution in [0.1, 0.15) is 44.7 Å². The first-order valence-electron chi connectivity index (χ1n) is 12.8. The lowest BCUT2D eigenvalue weighted by atomic mass is 9.88. The maximum Gasteiger partial charge on any atom is 0.408 e. The minimum absolute atomic E-state index is 0.267. The molecule has 1 fully saturated rings. The summed E-state index contributed by atoms with van der Waals surface area (Å²) in [6.45, 7) is 6.16. The molecule has 2 heterocycles. The first-order chi connectivity index (χ1) is 18.3. The lowest BCUT2D eigenvalue weighted by Crippen LogP contribution is -2.63. The predicted molar refractivity (Wildman–Crippen MR) is 144 cm³/mol. The molecule has 2 aromatic rings. The van der Waals surface area contributed by atoms with Crippen LogP contribution in [0, 0.1) is 11.3 Å². The third-order valence-corrected chi connectivity index (χ3v) is 8.76. The van der Waals surface area contributed by atoms with Gasteiger partial charge in [-0.2, -0.15) is 9.57 Å². The highest BCUT2D eigenvalue weighted by atomic mass is 32.2. The number of hydrogen-bond acceptors (Lipinski definition) is 7. The summed E-state index contributed by atoms with van der Waals surface area (Å²) in [5.41, 5.74) is 1.46. The van der Waals surface area contributed by atoms with Crippen molar-refractivity contribution >= 4 is 22.0 Å². The molecule has 10 nitrogen and oxygen atoms in total. The second kappa shape index (κ2) is 11.0. The number of nitrogens with zero attached hydrogens (tertiary/aromatic N) is 2. The van der Waals surface area contributed by atoms with Crippen molar-refractivity contribution in [2.24, 2.45) is 0 Å². The highest BCUT2D eigenvalue weighted by Gasteiger charge is 2.43. The average Bonchev–Trinajstić information content (AvgIpc) is 3.10. The number of ether oxygens (including phenoxy) is 2. The molecule has 0 bridgehead atoms. The van der Waals surface area contributed by atoms with Crippen molar-refractivity contribution in [2.75, 3.05) is 20.3 Å². The van der Waals surface area contributed by atoms with E-state index in [1.54, 1.807) is 40.0 Å². The molecule has 0 radical (unpaired) electrons. The highest BCUT2D eigenvalue weighted by molar-refractivity contribution is 7.89. The molecule has 2 amide bonds. The Kier molecular flexibility index (Phi) is 8.02. The fraction of sp³-hybridized carbons (Fsp3) is 0.464. The Hall–Kier alpha value is -3.46. The van der Waals surface area contributed by atoms with Crippen LogP contribution in [-0.2, 0) is 37.3 Å². The number of amides is 2. The summed E-state index contributed by atoms with van der Waals surface area (Å²) in [4.78, 5) is 26.2. The normalized spacial score (nSPS) is 18.8. The van der Waals surface area contributed by atoms with E-state index in [4.69, 9.17) is 9.47 Å². The van der Waals surface area contributed by atoms with Crippen LogP contribution in [0.2, 0.25) is 0 Å². The van der Waals surface area contributed by atoms with Crippen molar-refractivity contribution in [3.8, 4) is 17.2 Å². The summed E-state index contributed by atoms with van der Waals surface area (Å²) >= 11 is 0. The number of sulfonamides is 1. The summed E-state index contributed by atoms with van der Waals surface area (Å²) in [7, 11) is -1.85. The molecule has 2 aliphatic rings. The Balaban J connectivity index is 1.44. The molecular formula is C28H34N4O6S. The van der Waals surface area contributed by atoms with Crippen molar-refractivity contribution < 1.29 is 27.5 Å². The molecule has 39 heavy (non-hydrogen) atoms. The Morgan fingerprint density at radius 2 is 1.77 bits per heavy atom. The van der Waals surface area contributed by atoms with Crippen molar-refractivity contribution in [1.29, 1.82) is 5.26 Å². The Bertz CT molecular complexity index is 1390. The SMILES string of the molecule is CN1Cc2cc(-c3ccc(CC(C#N)NC(=O)C4(NC(=O)OC(C)(C)C)CCOCC4)cc3)ccc2S1(=O)=O. The summed E-state index contributed by atoms with van der Waals surface area (Å²) in [5.74, 6) is -0.446. The first-order valence-corrected chi connectivity index (χ1v) is 14.3. The second-order valence-corrected chi connectivity index (χ2v) is 13.0. The maximum absolute atomic E-state index is 13.3. The maximum atomic E-state index is 13.3. The Labute approximate surface area is 229 Å². The smallest absolute Gasteiger partial charge is 0.408 e. The van der Waals surface area contributed by atoms with Gasteiger partial charge in [0.1, 0.15) is 17.2 Å². The van der Waals surface area contributed by atoms with Gasteiger partial charge in [0, 0.05) is 46.1 Å². The second-order valence-electron chi connectivity index (χ2n) is 11.0. The van der Waals surface area contributed by atoms with Crippen molar-refractivity contribution in [1.82, 2.24) is 14.9 Å². The predicted octanol–water partition coefficient (Wildman–Crippen LogP) is 3.11. The van der Waals surface area contributed by atoms with E-state index in [9.17, 15) is 23.3 Å². The summed E-state index contributed by atoms with van der Waals surface area (Å²) < 4.78 is 36.8. The summed E-state index contributed by atoms with van der Waals surface area (Å²) in [5, 5.41) is 15.3. The van der Waals surface area contributed by atoms with Crippen LogP contribution in [0.25, 0.3) is 11.1 Å². The Morgan fingerprint density at radius 1 is 1.13 bits per heavy atom. The van der Waals surface area contributed by atoms with Crippen molar-refractivity contribution in [3.05, 3.63) is 53.6 Å². The van der Waals surface area contributed by atoms with Gasteiger partial charge < -0.3 is 20.1 Å². The largest absolute Gasteiger partial charge is 0.444 e. The van der Waals surface area contributed by atoms with E-state index < -0.39 is 39.2 Å². The Morgan fingerprint density at radius 3 is 2.38 bits per heavy atom. The van der Waals surface area contributed by atoms with Gasteiger partial charge in [-0.3, -0.25) is 4.79 Å². The number of nitriles is 1. The zero-order valence-electron chi connectivity index (χ0n) is 22.6. The molecule has 0 aromatic heterocycles. The molecule has 1 unspecified atom stereocenters. The van der Waals surface area contributed by atoms with E-state index >= 15 is 0 Å². The average molecular weight is 555 g/mol. The summed E-state index contributed by atoms with van der Waals surface area (Å²) in [6.07, 6.45) is 0.111. The highest BCUT2D eigenvalue weighted by Crippen LogP contribution is 2.32. The molecular weight excluding hydrogens is 520 g/mol. The van der Waals surface area contributed by atoms with Gasteiger partial charge >= 0.3 is 6.09 Å². The number of carbonyl (C=O) groups is 2. The number of hydrogen-bond donors (Lipinski definition) is 2. The first kappa shape index (κ1) is 28.5. The van der Waals surface area contributed by atoms with Crippen LogP contribution in [0.15, 0.2) is 47.4 Å². The number of alkyl carbamates (subject to hydrolysis) is 1. The topological polar surface area (TPSA) is 138 Å². The minimum Gasteiger partial charge on any atom is -0.444 e. The molecule has 11 heteroatoms. The fourth-order valence-electron chi connectivity index (χ4n) is 4.75.